The van der Waals surface area contributed by atoms with Gasteiger partial charge in [-0.3, -0.25) is 9.59 Å². The summed E-state index contributed by atoms with van der Waals surface area (Å²) < 4.78 is 29.2. The molecule has 0 radical (unpaired) electrons. The van der Waals surface area contributed by atoms with Crippen molar-refractivity contribution in [1.82, 2.24) is 10.0 Å². The zero-order valence-electron chi connectivity index (χ0n) is 20.5. The Hall–Kier alpha value is -3.49. The van der Waals surface area contributed by atoms with Gasteiger partial charge >= 0.3 is 0 Å². The molecule has 36 heavy (non-hydrogen) atoms. The third-order valence-corrected chi connectivity index (χ3v) is 7.80. The molecule has 0 aromatic heterocycles. The summed E-state index contributed by atoms with van der Waals surface area (Å²) in [7, 11) is -3.98. The zero-order chi connectivity index (χ0) is 25.7. The Balaban J connectivity index is 1.50. The lowest BCUT2D eigenvalue weighted by Gasteiger charge is -2.20. The summed E-state index contributed by atoms with van der Waals surface area (Å²) in [6, 6.07) is 21.2. The van der Waals surface area contributed by atoms with E-state index in [1.165, 1.54) is 13.0 Å². The normalized spacial score (nSPS) is 13.8. The van der Waals surface area contributed by atoms with E-state index in [9.17, 15) is 18.0 Å². The van der Waals surface area contributed by atoms with E-state index in [4.69, 9.17) is 0 Å². The lowest BCUT2D eigenvalue weighted by atomic mass is 10.1. The lowest BCUT2D eigenvalue weighted by molar-refractivity contribution is -0.122. The first-order valence-electron chi connectivity index (χ1n) is 12.0. The second-order valence-corrected chi connectivity index (χ2v) is 10.8. The van der Waals surface area contributed by atoms with Gasteiger partial charge in [-0.1, -0.05) is 60.2 Å². The van der Waals surface area contributed by atoms with Crippen molar-refractivity contribution in [3.8, 4) is 0 Å². The molecule has 2 amide bonds. The molecule has 8 heteroatoms. The Kier molecular flexibility index (Phi) is 7.86. The van der Waals surface area contributed by atoms with Gasteiger partial charge in [-0.25, -0.2) is 8.42 Å². The van der Waals surface area contributed by atoms with Gasteiger partial charge in [0.2, 0.25) is 21.8 Å². The van der Waals surface area contributed by atoms with Gasteiger partial charge in [0, 0.05) is 25.7 Å². The number of hydrogen-bond donors (Lipinski definition) is 2. The summed E-state index contributed by atoms with van der Waals surface area (Å²) in [6.07, 6.45) is 1.46. The molecule has 0 aliphatic carbocycles. The number of anilines is 1. The van der Waals surface area contributed by atoms with Crippen LogP contribution in [0.25, 0.3) is 0 Å². The number of aryl methyl sites for hydroxylation is 1. The predicted molar refractivity (Wildman–Crippen MR) is 140 cm³/mol. The van der Waals surface area contributed by atoms with Crippen molar-refractivity contribution in [1.29, 1.82) is 0 Å². The van der Waals surface area contributed by atoms with Gasteiger partial charge in [0.25, 0.3) is 0 Å². The van der Waals surface area contributed by atoms with Crippen LogP contribution in [0, 0.1) is 6.92 Å². The van der Waals surface area contributed by atoms with Crippen molar-refractivity contribution in [3.05, 3.63) is 95.1 Å². The molecule has 0 spiro atoms. The summed E-state index contributed by atoms with van der Waals surface area (Å²) in [5.74, 6) is -0.452. The number of sulfonamides is 1. The maximum absolute atomic E-state index is 13.3. The topological polar surface area (TPSA) is 95.6 Å². The van der Waals surface area contributed by atoms with E-state index >= 15 is 0 Å². The monoisotopic (exact) mass is 505 g/mol. The van der Waals surface area contributed by atoms with E-state index in [1.807, 2.05) is 55.5 Å². The molecular formula is C28H31N3O4S. The minimum atomic E-state index is -3.98. The number of rotatable bonds is 9. The van der Waals surface area contributed by atoms with Crippen LogP contribution in [-0.2, 0) is 38.9 Å². The van der Waals surface area contributed by atoms with Crippen LogP contribution in [0.4, 0.5) is 5.69 Å². The number of carbonyl (C=O) groups is 2. The van der Waals surface area contributed by atoms with Crippen LogP contribution in [0.15, 0.2) is 77.7 Å². The van der Waals surface area contributed by atoms with E-state index in [0.717, 1.165) is 27.9 Å². The van der Waals surface area contributed by atoms with Crippen molar-refractivity contribution >= 4 is 27.5 Å². The van der Waals surface area contributed by atoms with Crippen molar-refractivity contribution < 1.29 is 18.0 Å². The average Bonchev–Trinajstić information content (AvgIpc) is 3.28. The minimum absolute atomic E-state index is 0.0762. The summed E-state index contributed by atoms with van der Waals surface area (Å²) in [6.45, 7) is 4.44. The van der Waals surface area contributed by atoms with Gasteiger partial charge in [-0.15, -0.1) is 0 Å². The Morgan fingerprint density at radius 2 is 1.72 bits per heavy atom. The fraction of sp³-hybridized carbons (Fsp3) is 0.286. The quantitative estimate of drug-likeness (QED) is 0.467. The molecule has 4 rings (SSSR count). The van der Waals surface area contributed by atoms with Crippen LogP contribution < -0.4 is 14.9 Å². The minimum Gasteiger partial charge on any atom is -0.354 e. The number of fused-ring (bicyclic) bond motifs is 1. The maximum atomic E-state index is 13.3. The van der Waals surface area contributed by atoms with E-state index in [1.54, 1.807) is 17.0 Å². The molecule has 1 aliphatic rings. The number of carbonyl (C=O) groups excluding carboxylic acids is 2. The fourth-order valence-electron chi connectivity index (χ4n) is 4.49. The van der Waals surface area contributed by atoms with E-state index in [2.05, 4.69) is 16.1 Å². The van der Waals surface area contributed by atoms with Crippen LogP contribution in [0.2, 0.25) is 0 Å². The highest BCUT2D eigenvalue weighted by Gasteiger charge is 2.28. The van der Waals surface area contributed by atoms with Gasteiger partial charge in [0.05, 0.1) is 4.90 Å². The highest BCUT2D eigenvalue weighted by molar-refractivity contribution is 7.89. The fourth-order valence-corrected chi connectivity index (χ4v) is 5.73. The third kappa shape index (κ3) is 6.19. The Morgan fingerprint density at radius 3 is 2.44 bits per heavy atom. The van der Waals surface area contributed by atoms with E-state index < -0.39 is 16.1 Å². The van der Waals surface area contributed by atoms with Gasteiger partial charge < -0.3 is 10.2 Å². The molecule has 0 fully saturated rings. The molecule has 1 atom stereocenters. The van der Waals surface area contributed by atoms with Crippen LogP contribution >= 0.6 is 0 Å². The molecule has 7 nitrogen and oxygen atoms in total. The second-order valence-electron chi connectivity index (χ2n) is 9.10. The smallest absolute Gasteiger partial charge is 0.241 e. The highest BCUT2D eigenvalue weighted by atomic mass is 32.2. The molecule has 1 aliphatic heterocycles. The highest BCUT2D eigenvalue weighted by Crippen LogP contribution is 2.30. The number of benzene rings is 3. The largest absolute Gasteiger partial charge is 0.354 e. The van der Waals surface area contributed by atoms with Gasteiger partial charge in [-0.2, -0.15) is 4.72 Å². The van der Waals surface area contributed by atoms with Crippen LogP contribution in [0.1, 0.15) is 29.2 Å². The number of amides is 2. The SMILES string of the molecule is CC(=O)N1CCc2cc(S(=O)(=O)N[C@H](Cc3ccccc3)C(=O)NCCc3cccc(C)c3)ccc21. The van der Waals surface area contributed by atoms with Gasteiger partial charge in [-0.05, 0) is 61.1 Å². The zero-order valence-corrected chi connectivity index (χ0v) is 21.3. The molecule has 0 bridgehead atoms. The van der Waals surface area contributed by atoms with Gasteiger partial charge in [0.1, 0.15) is 6.04 Å². The molecule has 0 saturated carbocycles. The first kappa shape index (κ1) is 25.6. The Bertz CT molecular complexity index is 1360. The molecule has 3 aromatic rings. The number of nitrogens with zero attached hydrogens (tertiary/aromatic N) is 1. The summed E-state index contributed by atoms with van der Waals surface area (Å²) >= 11 is 0. The maximum Gasteiger partial charge on any atom is 0.241 e. The Labute approximate surface area is 212 Å². The van der Waals surface area contributed by atoms with Crippen molar-refractivity contribution in [3.63, 3.8) is 0 Å². The van der Waals surface area contributed by atoms with Crippen LogP contribution in [0.5, 0.6) is 0 Å². The van der Waals surface area contributed by atoms with Crippen LogP contribution in [-0.4, -0.2) is 39.4 Å². The van der Waals surface area contributed by atoms with Crippen molar-refractivity contribution in [2.24, 2.45) is 0 Å². The average molecular weight is 506 g/mol. The first-order valence-corrected chi connectivity index (χ1v) is 13.5. The molecular weight excluding hydrogens is 474 g/mol. The molecule has 0 unspecified atom stereocenters. The molecule has 1 heterocycles. The molecule has 2 N–H and O–H groups in total. The molecule has 3 aromatic carbocycles. The first-order chi connectivity index (χ1) is 17.2. The number of nitrogens with one attached hydrogen (secondary N) is 2. The second kappa shape index (κ2) is 11.1. The standard InChI is InChI=1S/C28H31N3O4S/c1-20-7-6-10-23(17-20)13-15-29-28(33)26(18-22-8-4-3-5-9-22)30-36(34,35)25-11-12-27-24(19-25)14-16-31(27)21(2)32/h3-12,17,19,26,30H,13-16,18H2,1-2H3,(H,29,33)/t26-/m1/s1. The van der Waals surface area contributed by atoms with Gasteiger partial charge in [0.15, 0.2) is 0 Å². The summed E-state index contributed by atoms with van der Waals surface area (Å²) in [5, 5.41) is 2.89. The van der Waals surface area contributed by atoms with Crippen molar-refractivity contribution in [2.45, 2.75) is 44.0 Å². The van der Waals surface area contributed by atoms with E-state index in [-0.39, 0.29) is 23.1 Å². The Morgan fingerprint density at radius 1 is 0.972 bits per heavy atom. The summed E-state index contributed by atoms with van der Waals surface area (Å²) in [4.78, 5) is 26.7. The third-order valence-electron chi connectivity index (χ3n) is 6.33. The molecule has 188 valence electrons. The number of hydrogen-bond acceptors (Lipinski definition) is 4. The molecule has 0 saturated heterocycles. The predicted octanol–water partition coefficient (Wildman–Crippen LogP) is 3.15. The summed E-state index contributed by atoms with van der Waals surface area (Å²) in [5.41, 5.74) is 4.64. The van der Waals surface area contributed by atoms with Crippen LogP contribution in [0.3, 0.4) is 0 Å². The van der Waals surface area contributed by atoms with Crippen molar-refractivity contribution in [2.75, 3.05) is 18.0 Å². The lowest BCUT2D eigenvalue weighted by Crippen LogP contribution is -2.48. The van der Waals surface area contributed by atoms with E-state index in [0.29, 0.717) is 25.9 Å².